The van der Waals surface area contributed by atoms with Gasteiger partial charge in [-0.3, -0.25) is 9.59 Å². The number of benzene rings is 1. The molecule has 1 heterocycles. The van der Waals surface area contributed by atoms with Crippen LogP contribution in [0.1, 0.15) is 19.3 Å². The number of ether oxygens (including phenoxy) is 1. The van der Waals surface area contributed by atoms with Crippen molar-refractivity contribution < 1.29 is 14.3 Å². The predicted molar refractivity (Wildman–Crippen MR) is 76.5 cm³/mol. The molecule has 108 valence electrons. The Bertz CT molecular complexity index is 455. The van der Waals surface area contributed by atoms with E-state index >= 15 is 0 Å². The van der Waals surface area contributed by atoms with Gasteiger partial charge in [0, 0.05) is 32.3 Å². The van der Waals surface area contributed by atoms with E-state index in [1.165, 1.54) is 0 Å². The molecule has 1 aliphatic rings. The van der Waals surface area contributed by atoms with Gasteiger partial charge in [0.25, 0.3) is 0 Å². The Morgan fingerprint density at radius 1 is 1.35 bits per heavy atom. The van der Waals surface area contributed by atoms with Gasteiger partial charge < -0.3 is 15.0 Å². The maximum absolute atomic E-state index is 12.0. The SMILES string of the molecule is CN(C(=O)CCNC(=O)[C@@H]1CCCO1)c1ccccc1. The number of hydrogen-bond acceptors (Lipinski definition) is 3. The molecule has 1 aromatic rings. The van der Waals surface area contributed by atoms with Crippen LogP contribution in [0.25, 0.3) is 0 Å². The third-order valence-electron chi connectivity index (χ3n) is 3.38. The number of nitrogens with one attached hydrogen (secondary N) is 1. The van der Waals surface area contributed by atoms with Gasteiger partial charge in [0.15, 0.2) is 0 Å². The molecule has 0 radical (unpaired) electrons. The molecular formula is C15H20N2O3. The Balaban J connectivity index is 1.73. The van der Waals surface area contributed by atoms with Crippen LogP contribution in [0.15, 0.2) is 30.3 Å². The number of amides is 2. The third kappa shape index (κ3) is 3.81. The Labute approximate surface area is 118 Å². The van der Waals surface area contributed by atoms with E-state index in [9.17, 15) is 9.59 Å². The summed E-state index contributed by atoms with van der Waals surface area (Å²) in [4.78, 5) is 25.3. The number of carbonyl (C=O) groups excluding carboxylic acids is 2. The van der Waals surface area contributed by atoms with Crippen LogP contribution in [0.5, 0.6) is 0 Å². The quantitative estimate of drug-likeness (QED) is 0.882. The van der Waals surface area contributed by atoms with Crippen LogP contribution >= 0.6 is 0 Å². The van der Waals surface area contributed by atoms with Crippen LogP contribution in [0.3, 0.4) is 0 Å². The van der Waals surface area contributed by atoms with Crippen LogP contribution in [0.2, 0.25) is 0 Å². The molecule has 1 atom stereocenters. The summed E-state index contributed by atoms with van der Waals surface area (Å²) in [5.74, 6) is -0.137. The lowest BCUT2D eigenvalue weighted by Gasteiger charge is -2.17. The van der Waals surface area contributed by atoms with Gasteiger partial charge in [-0.15, -0.1) is 0 Å². The second kappa shape index (κ2) is 7.05. The normalized spacial score (nSPS) is 17.8. The summed E-state index contributed by atoms with van der Waals surface area (Å²) in [6, 6.07) is 9.44. The van der Waals surface area contributed by atoms with Gasteiger partial charge in [-0.2, -0.15) is 0 Å². The highest BCUT2D eigenvalue weighted by Gasteiger charge is 2.23. The molecule has 1 aromatic carbocycles. The molecule has 5 heteroatoms. The molecule has 0 unspecified atom stereocenters. The van der Waals surface area contributed by atoms with Gasteiger partial charge in [0.1, 0.15) is 6.10 Å². The lowest BCUT2D eigenvalue weighted by molar-refractivity contribution is -0.130. The monoisotopic (exact) mass is 276 g/mol. The lowest BCUT2D eigenvalue weighted by Crippen LogP contribution is -2.37. The van der Waals surface area contributed by atoms with Gasteiger partial charge in [-0.25, -0.2) is 0 Å². The molecule has 0 saturated carbocycles. The van der Waals surface area contributed by atoms with E-state index in [1.54, 1.807) is 11.9 Å². The van der Waals surface area contributed by atoms with E-state index in [0.717, 1.165) is 18.5 Å². The Morgan fingerprint density at radius 2 is 2.10 bits per heavy atom. The second-order valence-electron chi connectivity index (χ2n) is 4.83. The van der Waals surface area contributed by atoms with E-state index in [2.05, 4.69) is 5.32 Å². The number of nitrogens with zero attached hydrogens (tertiary/aromatic N) is 1. The van der Waals surface area contributed by atoms with Crippen molar-refractivity contribution in [3.63, 3.8) is 0 Å². The minimum atomic E-state index is -0.336. The standard InChI is InChI=1S/C15H20N2O3/c1-17(12-6-3-2-4-7-12)14(18)9-10-16-15(19)13-8-5-11-20-13/h2-4,6-7,13H,5,8-11H2,1H3,(H,16,19)/t13-/m0/s1. The number of rotatable bonds is 5. The molecule has 5 nitrogen and oxygen atoms in total. The Morgan fingerprint density at radius 3 is 2.75 bits per heavy atom. The fourth-order valence-corrected chi connectivity index (χ4v) is 2.15. The largest absolute Gasteiger partial charge is 0.368 e. The van der Waals surface area contributed by atoms with Crippen molar-refractivity contribution in [1.29, 1.82) is 0 Å². The van der Waals surface area contributed by atoms with Crippen molar-refractivity contribution in [3.8, 4) is 0 Å². The average Bonchev–Trinajstić information content (AvgIpc) is 3.01. The maximum atomic E-state index is 12.0. The van der Waals surface area contributed by atoms with Crippen LogP contribution in [-0.4, -0.2) is 38.1 Å². The van der Waals surface area contributed by atoms with Crippen molar-refractivity contribution in [1.82, 2.24) is 5.32 Å². The maximum Gasteiger partial charge on any atom is 0.249 e. The zero-order valence-electron chi connectivity index (χ0n) is 11.7. The van der Waals surface area contributed by atoms with Gasteiger partial charge in [-0.1, -0.05) is 18.2 Å². The van der Waals surface area contributed by atoms with Crippen molar-refractivity contribution in [2.75, 3.05) is 25.1 Å². The lowest BCUT2D eigenvalue weighted by atomic mass is 10.2. The van der Waals surface area contributed by atoms with Crippen LogP contribution in [0.4, 0.5) is 5.69 Å². The predicted octanol–water partition coefficient (Wildman–Crippen LogP) is 1.33. The smallest absolute Gasteiger partial charge is 0.249 e. The van der Waals surface area contributed by atoms with Gasteiger partial charge in [-0.05, 0) is 25.0 Å². The highest BCUT2D eigenvalue weighted by atomic mass is 16.5. The molecule has 0 aromatic heterocycles. The molecule has 0 spiro atoms. The summed E-state index contributed by atoms with van der Waals surface area (Å²) in [7, 11) is 1.74. The van der Waals surface area contributed by atoms with E-state index in [4.69, 9.17) is 4.74 Å². The molecule has 0 bridgehead atoms. The first-order chi connectivity index (χ1) is 9.68. The summed E-state index contributed by atoms with van der Waals surface area (Å²) in [6.45, 7) is 0.989. The first-order valence-corrected chi connectivity index (χ1v) is 6.89. The van der Waals surface area contributed by atoms with Crippen molar-refractivity contribution >= 4 is 17.5 Å². The topological polar surface area (TPSA) is 58.6 Å². The zero-order chi connectivity index (χ0) is 14.4. The van der Waals surface area contributed by atoms with E-state index in [-0.39, 0.29) is 24.3 Å². The molecule has 1 fully saturated rings. The van der Waals surface area contributed by atoms with Crippen LogP contribution in [0, 0.1) is 0 Å². The Hall–Kier alpha value is -1.88. The third-order valence-corrected chi connectivity index (χ3v) is 3.38. The average molecular weight is 276 g/mol. The van der Waals surface area contributed by atoms with Gasteiger partial charge >= 0.3 is 0 Å². The van der Waals surface area contributed by atoms with Crippen molar-refractivity contribution in [2.24, 2.45) is 0 Å². The minimum Gasteiger partial charge on any atom is -0.368 e. The molecule has 2 amide bonds. The fraction of sp³-hybridized carbons (Fsp3) is 0.467. The summed E-state index contributed by atoms with van der Waals surface area (Å²) in [5.41, 5.74) is 0.850. The van der Waals surface area contributed by atoms with Crippen LogP contribution < -0.4 is 10.2 Å². The fourth-order valence-electron chi connectivity index (χ4n) is 2.15. The summed E-state index contributed by atoms with van der Waals surface area (Å²) >= 11 is 0. The summed E-state index contributed by atoms with van der Waals surface area (Å²) in [6.07, 6.45) is 1.64. The first-order valence-electron chi connectivity index (χ1n) is 6.89. The molecule has 0 aliphatic carbocycles. The number of carbonyl (C=O) groups is 2. The van der Waals surface area contributed by atoms with Crippen LogP contribution in [-0.2, 0) is 14.3 Å². The molecular weight excluding hydrogens is 256 g/mol. The Kier molecular flexibility index (Phi) is 5.12. The molecule has 20 heavy (non-hydrogen) atoms. The van der Waals surface area contributed by atoms with Crippen molar-refractivity contribution in [2.45, 2.75) is 25.4 Å². The molecule has 1 aliphatic heterocycles. The van der Waals surface area contributed by atoms with Gasteiger partial charge in [0.2, 0.25) is 11.8 Å². The number of anilines is 1. The summed E-state index contributed by atoms with van der Waals surface area (Å²) < 4.78 is 5.28. The van der Waals surface area contributed by atoms with Gasteiger partial charge in [0.05, 0.1) is 0 Å². The highest BCUT2D eigenvalue weighted by molar-refractivity contribution is 5.93. The number of para-hydroxylation sites is 1. The zero-order valence-corrected chi connectivity index (χ0v) is 11.7. The van der Waals surface area contributed by atoms with E-state index in [1.807, 2.05) is 30.3 Å². The highest BCUT2D eigenvalue weighted by Crippen LogP contribution is 2.13. The summed E-state index contributed by atoms with van der Waals surface area (Å²) in [5, 5.41) is 2.75. The van der Waals surface area contributed by atoms with E-state index < -0.39 is 0 Å². The molecule has 1 saturated heterocycles. The second-order valence-corrected chi connectivity index (χ2v) is 4.83. The molecule has 1 N–H and O–H groups in total. The van der Waals surface area contributed by atoms with E-state index in [0.29, 0.717) is 13.2 Å². The van der Waals surface area contributed by atoms with Crippen molar-refractivity contribution in [3.05, 3.63) is 30.3 Å². The first kappa shape index (κ1) is 14.5. The number of hydrogen-bond donors (Lipinski definition) is 1. The minimum absolute atomic E-state index is 0.0242. The molecule has 2 rings (SSSR count).